The van der Waals surface area contributed by atoms with Crippen LogP contribution in [0.5, 0.6) is 5.75 Å². The first-order valence-electron chi connectivity index (χ1n) is 6.03. The second-order valence-electron chi connectivity index (χ2n) is 3.91. The van der Waals surface area contributed by atoms with Crippen LogP contribution in [0, 0.1) is 0 Å². The van der Waals surface area contributed by atoms with Gasteiger partial charge >= 0.3 is 0 Å². The van der Waals surface area contributed by atoms with Crippen LogP contribution in [0.3, 0.4) is 0 Å². The van der Waals surface area contributed by atoms with Gasteiger partial charge in [-0.25, -0.2) is 0 Å². The van der Waals surface area contributed by atoms with Crippen molar-refractivity contribution in [2.45, 2.75) is 26.7 Å². The lowest BCUT2D eigenvalue weighted by molar-refractivity contribution is 0.415. The summed E-state index contributed by atoms with van der Waals surface area (Å²) in [7, 11) is 3.92. The molecule has 1 aromatic carbocycles. The molecule has 1 aromatic rings. The molecule has 0 fully saturated rings. The number of nitrogens with zero attached hydrogens (tertiary/aromatic N) is 1. The van der Waals surface area contributed by atoms with E-state index in [-0.39, 0.29) is 0 Å². The second kappa shape index (κ2) is 7.34. The van der Waals surface area contributed by atoms with Crippen molar-refractivity contribution in [2.24, 2.45) is 0 Å². The summed E-state index contributed by atoms with van der Waals surface area (Å²) in [4.78, 5) is 2.36. The number of hydrogen-bond acceptors (Lipinski definition) is 2. The Hall–Kier alpha value is -0.955. The fraction of sp³-hybridized carbons (Fsp3) is 0.538. The van der Waals surface area contributed by atoms with Crippen LogP contribution in [0.15, 0.2) is 24.3 Å². The van der Waals surface area contributed by atoms with Crippen molar-refractivity contribution in [2.75, 3.05) is 20.2 Å². The van der Waals surface area contributed by atoms with Crippen LogP contribution in [0.25, 0.3) is 0 Å². The Balaban J connectivity index is 2.67. The Morgan fingerprint density at radius 1 is 1.12 bits per heavy atom. The molecule has 0 heterocycles. The van der Waals surface area contributed by atoms with Gasteiger partial charge in [-0.15, -0.1) is 0 Å². The maximum absolute atomic E-state index is 5.34. The number of rotatable bonds is 7. The normalized spacial score (nSPS) is 10.5. The highest BCUT2D eigenvalue weighted by Gasteiger charge is 2.09. The Morgan fingerprint density at radius 3 is 2.31 bits per heavy atom. The summed E-state index contributed by atoms with van der Waals surface area (Å²) in [6.45, 7) is 6.62. The molecule has 0 aromatic heterocycles. The molecule has 0 bridgehead atoms. The monoisotopic (exact) mass is 218 g/mol. The molecule has 16 heavy (non-hydrogen) atoms. The zero-order valence-corrected chi connectivity index (χ0v) is 10.6. The molecular formula is C13H21BNO. The zero-order chi connectivity index (χ0) is 11.8. The minimum atomic E-state index is 0.944. The van der Waals surface area contributed by atoms with Crippen LogP contribution in [0.2, 0.25) is 0 Å². The first-order chi connectivity index (χ1) is 7.81. The molecule has 0 spiro atoms. The van der Waals surface area contributed by atoms with Gasteiger partial charge in [0.1, 0.15) is 5.75 Å². The van der Waals surface area contributed by atoms with Crippen LogP contribution in [-0.4, -0.2) is 32.4 Å². The van der Waals surface area contributed by atoms with Gasteiger partial charge in [0.2, 0.25) is 0 Å². The number of para-hydroxylation sites is 1. The largest absolute Gasteiger partial charge is 0.497 e. The fourth-order valence-electron chi connectivity index (χ4n) is 1.79. The van der Waals surface area contributed by atoms with Gasteiger partial charge < -0.3 is 9.55 Å². The highest BCUT2D eigenvalue weighted by Crippen LogP contribution is 2.05. The summed E-state index contributed by atoms with van der Waals surface area (Å²) in [5.41, 5.74) is 1.16. The van der Waals surface area contributed by atoms with E-state index in [4.69, 9.17) is 4.74 Å². The van der Waals surface area contributed by atoms with Crippen molar-refractivity contribution >= 4 is 12.9 Å². The molecule has 0 saturated carbocycles. The minimum absolute atomic E-state index is 0.944. The van der Waals surface area contributed by atoms with Crippen LogP contribution in [0.4, 0.5) is 0 Å². The zero-order valence-electron chi connectivity index (χ0n) is 10.6. The molecule has 0 atom stereocenters. The molecule has 1 radical (unpaired) electrons. The number of benzene rings is 1. The molecule has 2 nitrogen and oxygen atoms in total. The van der Waals surface area contributed by atoms with E-state index in [2.05, 4.69) is 32.1 Å². The Morgan fingerprint density at radius 2 is 1.75 bits per heavy atom. The van der Waals surface area contributed by atoms with Gasteiger partial charge in [-0.3, -0.25) is 0 Å². The molecule has 0 unspecified atom stereocenters. The third-order valence-corrected chi connectivity index (χ3v) is 2.48. The van der Waals surface area contributed by atoms with E-state index in [1.165, 1.54) is 12.8 Å². The van der Waals surface area contributed by atoms with Gasteiger partial charge in [-0.2, -0.15) is 0 Å². The lowest BCUT2D eigenvalue weighted by Crippen LogP contribution is -2.37. The molecule has 0 aliphatic carbocycles. The second-order valence-corrected chi connectivity index (χ2v) is 3.91. The molecule has 0 aliphatic rings. The van der Waals surface area contributed by atoms with E-state index < -0.39 is 0 Å². The van der Waals surface area contributed by atoms with Crippen molar-refractivity contribution < 1.29 is 4.74 Å². The van der Waals surface area contributed by atoms with Gasteiger partial charge in [-0.1, -0.05) is 32.0 Å². The lowest BCUT2D eigenvalue weighted by Gasteiger charge is -2.21. The van der Waals surface area contributed by atoms with Crippen LogP contribution < -0.4 is 10.2 Å². The molecule has 0 aliphatic heterocycles. The lowest BCUT2D eigenvalue weighted by atomic mass is 9.79. The SMILES string of the molecule is CCCN([B]c1ccccc1OC)CCC. The van der Waals surface area contributed by atoms with Gasteiger partial charge in [0, 0.05) is 0 Å². The third-order valence-electron chi connectivity index (χ3n) is 2.48. The molecule has 0 N–H and O–H groups in total. The fourth-order valence-corrected chi connectivity index (χ4v) is 1.79. The van der Waals surface area contributed by atoms with E-state index >= 15 is 0 Å². The van der Waals surface area contributed by atoms with Crippen molar-refractivity contribution in [3.8, 4) is 5.75 Å². The smallest absolute Gasteiger partial charge is 0.252 e. The average molecular weight is 218 g/mol. The molecule has 1 rings (SSSR count). The summed E-state index contributed by atoms with van der Waals surface area (Å²) in [5.74, 6) is 0.944. The first kappa shape index (κ1) is 13.1. The van der Waals surface area contributed by atoms with Crippen LogP contribution in [-0.2, 0) is 0 Å². The summed E-state index contributed by atoms with van der Waals surface area (Å²) < 4.78 is 5.34. The van der Waals surface area contributed by atoms with Crippen molar-refractivity contribution in [1.29, 1.82) is 0 Å². The van der Waals surface area contributed by atoms with E-state index in [0.717, 1.165) is 24.3 Å². The standard InChI is InChI=1S/C13H21BNO/c1-4-10-15(11-5-2)14-12-8-6-7-9-13(12)16-3/h6-9H,4-5,10-11H2,1-3H3. The summed E-state index contributed by atoms with van der Waals surface area (Å²) in [6, 6.07) is 8.14. The Labute approximate surface area is 99.9 Å². The van der Waals surface area contributed by atoms with Crippen molar-refractivity contribution in [3.63, 3.8) is 0 Å². The predicted molar refractivity (Wildman–Crippen MR) is 70.5 cm³/mol. The molecular weight excluding hydrogens is 197 g/mol. The Bertz CT molecular complexity index is 298. The summed E-state index contributed by atoms with van der Waals surface area (Å²) in [6.07, 6.45) is 2.34. The van der Waals surface area contributed by atoms with E-state index in [1.807, 2.05) is 18.2 Å². The van der Waals surface area contributed by atoms with Gasteiger partial charge in [0.15, 0.2) is 0 Å². The maximum atomic E-state index is 5.34. The molecule has 0 amide bonds. The summed E-state index contributed by atoms with van der Waals surface area (Å²) >= 11 is 0. The number of ether oxygens (including phenoxy) is 1. The Kier molecular flexibility index (Phi) is 6.01. The quantitative estimate of drug-likeness (QED) is 0.649. The summed E-state index contributed by atoms with van der Waals surface area (Å²) in [5, 5.41) is 0. The minimum Gasteiger partial charge on any atom is -0.497 e. The average Bonchev–Trinajstić information content (AvgIpc) is 2.30. The maximum Gasteiger partial charge on any atom is 0.252 e. The molecule has 3 heteroatoms. The first-order valence-corrected chi connectivity index (χ1v) is 6.03. The van der Waals surface area contributed by atoms with E-state index in [9.17, 15) is 0 Å². The van der Waals surface area contributed by atoms with Crippen LogP contribution >= 0.6 is 0 Å². The van der Waals surface area contributed by atoms with Gasteiger partial charge in [-0.05, 0) is 37.5 Å². The highest BCUT2D eigenvalue weighted by atomic mass is 16.5. The highest BCUT2D eigenvalue weighted by molar-refractivity contribution is 6.51. The molecule has 0 saturated heterocycles. The van der Waals surface area contributed by atoms with E-state index in [1.54, 1.807) is 7.11 Å². The number of hydrogen-bond donors (Lipinski definition) is 0. The van der Waals surface area contributed by atoms with Crippen LogP contribution in [0.1, 0.15) is 26.7 Å². The third kappa shape index (κ3) is 3.89. The topological polar surface area (TPSA) is 12.5 Å². The van der Waals surface area contributed by atoms with E-state index in [0.29, 0.717) is 0 Å². The predicted octanol–water partition coefficient (Wildman–Crippen LogP) is 2.06. The van der Waals surface area contributed by atoms with Gasteiger partial charge in [0.05, 0.1) is 7.11 Å². The van der Waals surface area contributed by atoms with Crippen molar-refractivity contribution in [3.05, 3.63) is 24.3 Å². The molecule has 87 valence electrons. The number of methoxy groups -OCH3 is 1. The van der Waals surface area contributed by atoms with Crippen molar-refractivity contribution in [1.82, 2.24) is 4.81 Å². The van der Waals surface area contributed by atoms with Gasteiger partial charge in [0.25, 0.3) is 7.41 Å².